The van der Waals surface area contributed by atoms with Gasteiger partial charge in [-0.05, 0) is 37.5 Å². The largest absolute Gasteiger partial charge is 0.491 e. The van der Waals surface area contributed by atoms with E-state index in [1.165, 1.54) is 6.07 Å². The van der Waals surface area contributed by atoms with Crippen LogP contribution in [0.3, 0.4) is 0 Å². The second-order valence-electron chi connectivity index (χ2n) is 5.76. The van der Waals surface area contributed by atoms with Crippen LogP contribution in [-0.2, 0) is 16.0 Å². The summed E-state index contributed by atoms with van der Waals surface area (Å²) >= 11 is 0. The highest BCUT2D eigenvalue weighted by atomic mass is 127. The van der Waals surface area contributed by atoms with Crippen molar-refractivity contribution in [3.05, 3.63) is 29.6 Å². The minimum atomic E-state index is -0.350. The van der Waals surface area contributed by atoms with E-state index in [1.807, 2.05) is 13.0 Å². The predicted octanol–water partition coefficient (Wildman–Crippen LogP) is 2.70. The lowest BCUT2D eigenvalue weighted by Crippen LogP contribution is -2.37. The highest BCUT2D eigenvalue weighted by molar-refractivity contribution is 14.0. The second kappa shape index (κ2) is 13.1. The summed E-state index contributed by atoms with van der Waals surface area (Å²) < 4.78 is 30.0. The van der Waals surface area contributed by atoms with Crippen LogP contribution in [0.2, 0.25) is 0 Å². The molecule has 1 atom stereocenters. The molecule has 1 heterocycles. The number of aliphatic imine (C=N–C) groups is 1. The Morgan fingerprint density at radius 2 is 2.23 bits per heavy atom. The molecule has 0 saturated carbocycles. The van der Waals surface area contributed by atoms with E-state index in [4.69, 9.17) is 14.2 Å². The molecule has 0 amide bonds. The van der Waals surface area contributed by atoms with Crippen molar-refractivity contribution < 1.29 is 18.6 Å². The van der Waals surface area contributed by atoms with Gasteiger partial charge in [-0.1, -0.05) is 6.07 Å². The van der Waals surface area contributed by atoms with Crippen LogP contribution in [0.4, 0.5) is 4.39 Å². The summed E-state index contributed by atoms with van der Waals surface area (Å²) in [5.41, 5.74) is 0.827. The van der Waals surface area contributed by atoms with Gasteiger partial charge in [0.2, 0.25) is 0 Å². The molecular weight excluding hydrogens is 452 g/mol. The molecule has 8 heteroatoms. The number of hydrogen-bond acceptors (Lipinski definition) is 4. The first-order valence-corrected chi connectivity index (χ1v) is 8.78. The third-order valence-electron chi connectivity index (χ3n) is 3.83. The van der Waals surface area contributed by atoms with Crippen LogP contribution in [0, 0.1) is 5.82 Å². The zero-order chi connectivity index (χ0) is 17.9. The van der Waals surface area contributed by atoms with Crippen LogP contribution >= 0.6 is 24.0 Å². The smallest absolute Gasteiger partial charge is 0.191 e. The first kappa shape index (κ1) is 22.9. The van der Waals surface area contributed by atoms with Crippen molar-refractivity contribution in [3.63, 3.8) is 0 Å². The van der Waals surface area contributed by atoms with Gasteiger partial charge in [0.1, 0.15) is 0 Å². The zero-order valence-corrected chi connectivity index (χ0v) is 17.8. The number of nitrogens with zero attached hydrogens (tertiary/aromatic N) is 1. The number of rotatable bonds is 9. The van der Waals surface area contributed by atoms with Crippen molar-refractivity contribution in [2.45, 2.75) is 32.4 Å². The standard InChI is InChI=1S/C18H28FN3O3.HI/c1-3-24-17-6-5-14(11-16(17)19)12-22-18(20-2)21-8-4-9-25-15-7-10-23-13-15;/h5-6,11,15H,3-4,7-10,12-13H2,1-2H3,(H2,20,21,22);1H. The lowest BCUT2D eigenvalue weighted by molar-refractivity contribution is 0.0420. The highest BCUT2D eigenvalue weighted by Gasteiger charge is 2.15. The third kappa shape index (κ3) is 8.05. The summed E-state index contributed by atoms with van der Waals surface area (Å²) in [5.74, 6) is 0.608. The molecule has 0 spiro atoms. The molecule has 2 N–H and O–H groups in total. The van der Waals surface area contributed by atoms with Crippen LogP contribution in [-0.4, -0.2) is 52.1 Å². The van der Waals surface area contributed by atoms with Crippen LogP contribution in [0.5, 0.6) is 5.75 Å². The van der Waals surface area contributed by atoms with Gasteiger partial charge in [0.15, 0.2) is 17.5 Å². The fraction of sp³-hybridized carbons (Fsp3) is 0.611. The quantitative estimate of drug-likeness (QED) is 0.246. The van der Waals surface area contributed by atoms with Crippen LogP contribution in [0.1, 0.15) is 25.3 Å². The molecular formula is C18H29FIN3O3. The maximum Gasteiger partial charge on any atom is 0.191 e. The normalized spacial score (nSPS) is 16.9. The Balaban J connectivity index is 0.00000338. The molecule has 0 radical (unpaired) electrons. The maximum absolute atomic E-state index is 13.8. The summed E-state index contributed by atoms with van der Waals surface area (Å²) in [7, 11) is 1.71. The topological polar surface area (TPSA) is 64.1 Å². The highest BCUT2D eigenvalue weighted by Crippen LogP contribution is 2.18. The fourth-order valence-corrected chi connectivity index (χ4v) is 2.51. The van der Waals surface area contributed by atoms with E-state index in [1.54, 1.807) is 13.1 Å². The third-order valence-corrected chi connectivity index (χ3v) is 3.83. The van der Waals surface area contributed by atoms with Gasteiger partial charge in [0.25, 0.3) is 0 Å². The van der Waals surface area contributed by atoms with E-state index in [-0.39, 0.29) is 41.6 Å². The van der Waals surface area contributed by atoms with Crippen LogP contribution < -0.4 is 15.4 Å². The van der Waals surface area contributed by atoms with Crippen molar-refractivity contribution in [1.29, 1.82) is 0 Å². The molecule has 1 fully saturated rings. The number of ether oxygens (including phenoxy) is 3. The minimum absolute atomic E-state index is 0. The molecule has 0 aliphatic carbocycles. The van der Waals surface area contributed by atoms with Crippen molar-refractivity contribution in [1.82, 2.24) is 10.6 Å². The summed E-state index contributed by atoms with van der Waals surface area (Å²) in [4.78, 5) is 4.16. The average Bonchev–Trinajstić information content (AvgIpc) is 3.13. The molecule has 0 bridgehead atoms. The molecule has 26 heavy (non-hydrogen) atoms. The molecule has 148 valence electrons. The molecule has 0 aromatic heterocycles. The molecule has 1 unspecified atom stereocenters. The Morgan fingerprint density at radius 3 is 2.88 bits per heavy atom. The first-order valence-electron chi connectivity index (χ1n) is 8.78. The fourth-order valence-electron chi connectivity index (χ4n) is 2.51. The van der Waals surface area contributed by atoms with E-state index >= 15 is 0 Å². The predicted molar refractivity (Wildman–Crippen MR) is 111 cm³/mol. The number of nitrogens with one attached hydrogen (secondary N) is 2. The minimum Gasteiger partial charge on any atom is -0.491 e. The Morgan fingerprint density at radius 1 is 1.38 bits per heavy atom. The van der Waals surface area contributed by atoms with Crippen molar-refractivity contribution in [3.8, 4) is 5.75 Å². The average molecular weight is 481 g/mol. The molecule has 6 nitrogen and oxygen atoms in total. The summed E-state index contributed by atoms with van der Waals surface area (Å²) in [6, 6.07) is 4.96. The molecule has 1 aromatic carbocycles. The lowest BCUT2D eigenvalue weighted by atomic mass is 10.2. The molecule has 2 rings (SSSR count). The van der Waals surface area contributed by atoms with Gasteiger partial charge < -0.3 is 24.8 Å². The maximum atomic E-state index is 13.8. The van der Waals surface area contributed by atoms with Gasteiger partial charge >= 0.3 is 0 Å². The van der Waals surface area contributed by atoms with Gasteiger partial charge in [-0.25, -0.2) is 4.39 Å². The van der Waals surface area contributed by atoms with Gasteiger partial charge in [0.05, 0.1) is 19.3 Å². The SMILES string of the molecule is CCOc1ccc(CNC(=NC)NCCCOC2CCOC2)cc1F.I. The van der Waals surface area contributed by atoms with Gasteiger partial charge in [-0.15, -0.1) is 24.0 Å². The number of hydrogen-bond donors (Lipinski definition) is 2. The zero-order valence-electron chi connectivity index (χ0n) is 15.4. The Hall–Kier alpha value is -1.13. The van der Waals surface area contributed by atoms with Crippen LogP contribution in [0.15, 0.2) is 23.2 Å². The van der Waals surface area contributed by atoms with Gasteiger partial charge in [-0.3, -0.25) is 4.99 Å². The van der Waals surface area contributed by atoms with Crippen LogP contribution in [0.25, 0.3) is 0 Å². The molecule has 1 aliphatic heterocycles. The summed E-state index contributed by atoms with van der Waals surface area (Å²) in [6.07, 6.45) is 2.11. The Kier molecular flexibility index (Phi) is 11.5. The van der Waals surface area contributed by atoms with Crippen molar-refractivity contribution in [2.75, 3.05) is 40.0 Å². The molecule has 1 aliphatic rings. The van der Waals surface area contributed by atoms with E-state index in [0.717, 1.165) is 31.6 Å². The first-order chi connectivity index (χ1) is 12.2. The molecule has 1 saturated heterocycles. The number of halogens is 2. The van der Waals surface area contributed by atoms with E-state index in [2.05, 4.69) is 15.6 Å². The van der Waals surface area contributed by atoms with E-state index < -0.39 is 0 Å². The van der Waals surface area contributed by atoms with Gasteiger partial charge in [0, 0.05) is 33.4 Å². The molecule has 1 aromatic rings. The Labute approximate surface area is 171 Å². The monoisotopic (exact) mass is 481 g/mol. The van der Waals surface area contributed by atoms with E-state index in [0.29, 0.717) is 32.3 Å². The van der Waals surface area contributed by atoms with Crippen molar-refractivity contribution >= 4 is 29.9 Å². The van der Waals surface area contributed by atoms with Gasteiger partial charge in [-0.2, -0.15) is 0 Å². The number of benzene rings is 1. The van der Waals surface area contributed by atoms with E-state index in [9.17, 15) is 4.39 Å². The summed E-state index contributed by atoms with van der Waals surface area (Å²) in [5, 5.41) is 6.39. The Bertz CT molecular complexity index is 554. The summed E-state index contributed by atoms with van der Waals surface area (Å²) in [6.45, 7) is 5.71. The lowest BCUT2D eigenvalue weighted by Gasteiger charge is -2.13. The second-order valence-corrected chi connectivity index (χ2v) is 5.76. The number of guanidine groups is 1. The van der Waals surface area contributed by atoms with Crippen molar-refractivity contribution in [2.24, 2.45) is 4.99 Å².